The van der Waals surface area contributed by atoms with Gasteiger partial charge in [-0.1, -0.05) is 153 Å². The van der Waals surface area contributed by atoms with Crippen LogP contribution >= 0.6 is 0 Å². The number of aromatic nitrogens is 4. The molecule has 5 heteroatoms. The first-order valence-electron chi connectivity index (χ1n) is 22.6. The summed E-state index contributed by atoms with van der Waals surface area (Å²) in [5.41, 5.74) is 7.21. The van der Waals surface area contributed by atoms with Crippen molar-refractivity contribution in [2.45, 2.75) is 168 Å². The summed E-state index contributed by atoms with van der Waals surface area (Å²) in [6, 6.07) is 18.2. The molecule has 0 bridgehead atoms. The average molecular weight is 743 g/mol. The maximum atomic E-state index is 7.61. The van der Waals surface area contributed by atoms with Crippen molar-refractivity contribution in [3.63, 3.8) is 0 Å². The highest BCUT2D eigenvalue weighted by Gasteiger charge is 2.35. The van der Waals surface area contributed by atoms with E-state index in [2.05, 4.69) is 76.2 Å². The molecule has 2 aromatic heterocycles. The zero-order chi connectivity index (χ0) is 38.2. The van der Waals surface area contributed by atoms with Crippen molar-refractivity contribution in [3.05, 3.63) is 95.6 Å². The van der Waals surface area contributed by atoms with Gasteiger partial charge in [0.25, 0.3) is 0 Å². The molecule has 0 amide bonds. The number of benzene rings is 2. The van der Waals surface area contributed by atoms with Crippen LogP contribution in [-0.4, -0.2) is 19.9 Å². The summed E-state index contributed by atoms with van der Waals surface area (Å²) in [5.74, 6) is 4.33. The van der Waals surface area contributed by atoms with E-state index in [1.807, 2.05) is 24.8 Å². The summed E-state index contributed by atoms with van der Waals surface area (Å²) < 4.78 is 7.61. The molecule has 0 spiro atoms. The fraction of sp³-hybridized carbons (Fsp3) is 0.600. The maximum absolute atomic E-state index is 7.61. The number of hydrogen-bond donors (Lipinski definition) is 0. The molecule has 5 nitrogen and oxygen atoms in total. The van der Waals surface area contributed by atoms with E-state index in [9.17, 15) is 0 Å². The van der Waals surface area contributed by atoms with Crippen LogP contribution in [0.3, 0.4) is 0 Å². The summed E-state index contributed by atoms with van der Waals surface area (Å²) in [4.78, 5) is 19.2. The highest BCUT2D eigenvalue weighted by atomic mass is 16.5. The molecule has 2 aromatic carbocycles. The Balaban J connectivity index is 1.22. The monoisotopic (exact) mass is 743 g/mol. The number of hydrogen-bond acceptors (Lipinski definition) is 5. The minimum atomic E-state index is 0.0556. The molecule has 2 aliphatic carbocycles. The molecule has 2 aliphatic rings. The van der Waals surface area contributed by atoms with Crippen LogP contribution in [0.25, 0.3) is 22.8 Å². The predicted octanol–water partition coefficient (Wildman–Crippen LogP) is 14.1. The zero-order valence-corrected chi connectivity index (χ0v) is 34.7. The van der Waals surface area contributed by atoms with Gasteiger partial charge < -0.3 is 4.74 Å². The highest BCUT2D eigenvalue weighted by Crippen LogP contribution is 2.47. The molecule has 6 rings (SSSR count). The lowest BCUT2D eigenvalue weighted by molar-refractivity contribution is -0.0905. The fourth-order valence-corrected chi connectivity index (χ4v) is 9.30. The van der Waals surface area contributed by atoms with E-state index in [4.69, 9.17) is 24.7 Å². The molecule has 0 saturated heterocycles. The van der Waals surface area contributed by atoms with E-state index in [1.165, 1.54) is 138 Å². The van der Waals surface area contributed by atoms with E-state index >= 15 is 0 Å². The topological polar surface area (TPSA) is 60.8 Å². The standard InChI is InChI=1S/C50H70N4O/c1-5-9-11-13-15-39-33-51-49(52-34-39)45-29-25-43(26-30-45)47(41-21-17-37(7-3)18-22-41)55-48(42-23-19-38(8-4)20-24-42)44-27-31-46(32-28-44)50-53-35-40(36-54-50)16-14-12-10-6-2/h25-38,41-42,47-48H,5-24H2,1-4H3/t37-,38-,41-,42-,47?,48?. The van der Waals surface area contributed by atoms with Crippen molar-refractivity contribution in [2.24, 2.45) is 23.7 Å². The average Bonchev–Trinajstić information content (AvgIpc) is 3.25. The van der Waals surface area contributed by atoms with Crippen LogP contribution in [0.5, 0.6) is 0 Å². The number of aryl methyl sites for hydroxylation is 2. The van der Waals surface area contributed by atoms with Gasteiger partial charge in [0.2, 0.25) is 0 Å². The Kier molecular flexibility index (Phi) is 16.3. The van der Waals surface area contributed by atoms with Crippen LogP contribution in [0.1, 0.15) is 178 Å². The Morgan fingerprint density at radius 3 is 1.16 bits per heavy atom. The van der Waals surface area contributed by atoms with Crippen molar-refractivity contribution in [1.29, 1.82) is 0 Å². The van der Waals surface area contributed by atoms with Crippen molar-refractivity contribution >= 4 is 0 Å². The lowest BCUT2D eigenvalue weighted by Gasteiger charge is -2.40. The predicted molar refractivity (Wildman–Crippen MR) is 229 cm³/mol. The highest BCUT2D eigenvalue weighted by molar-refractivity contribution is 5.56. The lowest BCUT2D eigenvalue weighted by atomic mass is 9.75. The van der Waals surface area contributed by atoms with E-state index in [-0.39, 0.29) is 12.2 Å². The molecule has 0 N–H and O–H groups in total. The van der Waals surface area contributed by atoms with Crippen molar-refractivity contribution in [2.75, 3.05) is 0 Å². The molecule has 0 radical (unpaired) electrons. The molecule has 2 atom stereocenters. The third kappa shape index (κ3) is 11.8. The molecule has 2 heterocycles. The number of rotatable bonds is 20. The molecule has 2 saturated carbocycles. The number of unbranched alkanes of at least 4 members (excludes halogenated alkanes) is 6. The maximum Gasteiger partial charge on any atom is 0.159 e. The van der Waals surface area contributed by atoms with Gasteiger partial charge in [0.15, 0.2) is 11.6 Å². The first kappa shape index (κ1) is 41.2. The minimum Gasteiger partial charge on any atom is -0.365 e. The van der Waals surface area contributed by atoms with Gasteiger partial charge in [-0.25, -0.2) is 19.9 Å². The van der Waals surface area contributed by atoms with Crippen LogP contribution in [0, 0.1) is 23.7 Å². The third-order valence-electron chi connectivity index (χ3n) is 13.1. The van der Waals surface area contributed by atoms with Gasteiger partial charge in [-0.05, 0) is 97.3 Å². The van der Waals surface area contributed by atoms with Crippen molar-refractivity contribution in [3.8, 4) is 22.8 Å². The largest absolute Gasteiger partial charge is 0.365 e. The van der Waals surface area contributed by atoms with E-state index in [0.717, 1.165) is 47.5 Å². The van der Waals surface area contributed by atoms with Crippen LogP contribution in [0.15, 0.2) is 73.3 Å². The summed E-state index contributed by atoms with van der Waals surface area (Å²) in [5, 5.41) is 0. The van der Waals surface area contributed by atoms with E-state index < -0.39 is 0 Å². The van der Waals surface area contributed by atoms with Crippen LogP contribution in [0.4, 0.5) is 0 Å². The number of ether oxygens (including phenoxy) is 1. The Morgan fingerprint density at radius 2 is 0.836 bits per heavy atom. The molecule has 2 unspecified atom stereocenters. The van der Waals surface area contributed by atoms with Gasteiger partial charge in [0.1, 0.15) is 0 Å². The second-order valence-corrected chi connectivity index (χ2v) is 17.1. The minimum absolute atomic E-state index is 0.0556. The quantitative estimate of drug-likeness (QED) is 0.0844. The van der Waals surface area contributed by atoms with Crippen molar-refractivity contribution in [1.82, 2.24) is 19.9 Å². The molecule has 55 heavy (non-hydrogen) atoms. The van der Waals surface area contributed by atoms with Crippen LogP contribution in [-0.2, 0) is 17.6 Å². The Labute approximate surface area is 334 Å². The Hall–Kier alpha value is -3.44. The first-order chi connectivity index (χ1) is 27.1. The van der Waals surface area contributed by atoms with Gasteiger partial charge in [0, 0.05) is 35.9 Å². The molecule has 4 aromatic rings. The normalized spacial score (nSPS) is 21.3. The van der Waals surface area contributed by atoms with E-state index in [1.54, 1.807) is 0 Å². The Bertz CT molecular complexity index is 1510. The second kappa shape index (κ2) is 21.8. The van der Waals surface area contributed by atoms with Crippen molar-refractivity contribution < 1.29 is 4.74 Å². The van der Waals surface area contributed by atoms with Crippen LogP contribution in [0.2, 0.25) is 0 Å². The van der Waals surface area contributed by atoms with Gasteiger partial charge >= 0.3 is 0 Å². The summed E-state index contributed by atoms with van der Waals surface area (Å²) >= 11 is 0. The smallest absolute Gasteiger partial charge is 0.159 e. The summed E-state index contributed by atoms with van der Waals surface area (Å²) in [7, 11) is 0. The summed E-state index contributed by atoms with van der Waals surface area (Å²) in [6.45, 7) is 9.24. The first-order valence-corrected chi connectivity index (χ1v) is 22.6. The SMILES string of the molecule is CCCCCCc1cnc(-c2ccc(C(OC(c3ccc(-c4ncc(CCCCCC)cn4)cc3)[C@H]3CC[C@H](CC)CC3)[C@H]3CC[C@H](CC)CC3)cc2)nc1. The lowest BCUT2D eigenvalue weighted by Crippen LogP contribution is -2.28. The van der Waals surface area contributed by atoms with Gasteiger partial charge in [-0.2, -0.15) is 0 Å². The fourth-order valence-electron chi connectivity index (χ4n) is 9.30. The number of nitrogens with zero attached hydrogens (tertiary/aromatic N) is 4. The molecular weight excluding hydrogens is 673 g/mol. The van der Waals surface area contributed by atoms with Crippen LogP contribution < -0.4 is 0 Å². The molecule has 2 fully saturated rings. The van der Waals surface area contributed by atoms with Gasteiger partial charge in [0.05, 0.1) is 12.2 Å². The zero-order valence-electron chi connectivity index (χ0n) is 34.7. The van der Waals surface area contributed by atoms with Gasteiger partial charge in [-0.15, -0.1) is 0 Å². The third-order valence-corrected chi connectivity index (χ3v) is 13.1. The van der Waals surface area contributed by atoms with Gasteiger partial charge in [-0.3, -0.25) is 0 Å². The molecular formula is C50H70N4O. The second-order valence-electron chi connectivity index (χ2n) is 17.1. The molecule has 296 valence electrons. The summed E-state index contributed by atoms with van der Waals surface area (Å²) in [6.07, 6.45) is 33.1. The Morgan fingerprint density at radius 1 is 0.473 bits per heavy atom. The molecule has 0 aliphatic heterocycles. The van der Waals surface area contributed by atoms with E-state index in [0.29, 0.717) is 11.8 Å².